The average Bonchev–Trinajstić information content (AvgIpc) is 2.93. The van der Waals surface area contributed by atoms with Gasteiger partial charge in [-0.25, -0.2) is 0 Å². The molecule has 0 aromatic rings. The summed E-state index contributed by atoms with van der Waals surface area (Å²) in [6, 6.07) is 0. The van der Waals surface area contributed by atoms with Crippen molar-refractivity contribution < 1.29 is 9.84 Å². The van der Waals surface area contributed by atoms with Gasteiger partial charge in [-0.1, -0.05) is 12.8 Å². The van der Waals surface area contributed by atoms with Crippen molar-refractivity contribution >= 4 is 11.8 Å². The largest absolute Gasteiger partial charge is 0.393 e. The first kappa shape index (κ1) is 13.3. The van der Waals surface area contributed by atoms with Gasteiger partial charge in [-0.15, -0.1) is 0 Å². The number of hydrogen-bond donors (Lipinski definition) is 1. The van der Waals surface area contributed by atoms with Crippen molar-refractivity contribution in [1.82, 2.24) is 0 Å². The summed E-state index contributed by atoms with van der Waals surface area (Å²) in [5.41, 5.74) is 0.133. The van der Waals surface area contributed by atoms with Crippen LogP contribution in [0.3, 0.4) is 0 Å². The highest BCUT2D eigenvalue weighted by molar-refractivity contribution is 7.99. The Morgan fingerprint density at radius 2 is 1.78 bits per heavy atom. The molecule has 0 radical (unpaired) electrons. The summed E-state index contributed by atoms with van der Waals surface area (Å²) in [6.07, 6.45) is 9.69. The zero-order chi connectivity index (χ0) is 12.4. The Hall–Kier alpha value is 0.270. The van der Waals surface area contributed by atoms with Gasteiger partial charge in [-0.05, 0) is 61.9 Å². The predicted molar refractivity (Wildman–Crippen MR) is 75.9 cm³/mol. The van der Waals surface area contributed by atoms with Crippen LogP contribution < -0.4 is 0 Å². The van der Waals surface area contributed by atoms with E-state index in [1.807, 2.05) is 0 Å². The molecule has 1 spiro atoms. The molecule has 1 aliphatic carbocycles. The first-order valence-electron chi connectivity index (χ1n) is 7.69. The summed E-state index contributed by atoms with van der Waals surface area (Å²) in [7, 11) is 0. The second-order valence-corrected chi connectivity index (χ2v) is 7.66. The SMILES string of the molecule is OC(C1CCCC1)C1CCOC2(CCSCC2)C1. The fraction of sp³-hybridized carbons (Fsp3) is 1.00. The van der Waals surface area contributed by atoms with E-state index in [1.54, 1.807) is 0 Å². The Morgan fingerprint density at radius 3 is 2.50 bits per heavy atom. The van der Waals surface area contributed by atoms with E-state index >= 15 is 0 Å². The second-order valence-electron chi connectivity index (χ2n) is 6.43. The molecule has 2 aliphatic heterocycles. The molecule has 2 nitrogen and oxygen atoms in total. The van der Waals surface area contributed by atoms with Gasteiger partial charge < -0.3 is 9.84 Å². The van der Waals surface area contributed by atoms with Crippen LogP contribution in [-0.4, -0.2) is 34.9 Å². The lowest BCUT2D eigenvalue weighted by Crippen LogP contribution is -2.46. The fourth-order valence-corrected chi connectivity index (χ4v) is 5.37. The van der Waals surface area contributed by atoms with Crippen molar-refractivity contribution in [3.05, 3.63) is 0 Å². The van der Waals surface area contributed by atoms with Gasteiger partial charge in [0.05, 0.1) is 11.7 Å². The molecule has 3 heteroatoms. The second kappa shape index (κ2) is 5.72. The van der Waals surface area contributed by atoms with Crippen molar-refractivity contribution in [3.8, 4) is 0 Å². The molecule has 1 saturated carbocycles. The molecule has 0 amide bonds. The minimum atomic E-state index is -0.0529. The standard InChI is InChI=1S/C15H26O2S/c16-14(12-3-1-2-4-12)13-5-8-17-15(11-13)6-9-18-10-7-15/h12-14,16H,1-11H2. The van der Waals surface area contributed by atoms with Gasteiger partial charge in [-0.3, -0.25) is 0 Å². The Labute approximate surface area is 115 Å². The Kier molecular flexibility index (Phi) is 4.21. The Bertz CT molecular complexity index is 264. The van der Waals surface area contributed by atoms with Crippen LogP contribution in [0.5, 0.6) is 0 Å². The van der Waals surface area contributed by atoms with E-state index in [0.29, 0.717) is 11.8 Å². The molecule has 2 atom stereocenters. The van der Waals surface area contributed by atoms with Crippen molar-refractivity contribution in [2.45, 2.75) is 63.1 Å². The maximum Gasteiger partial charge on any atom is 0.0701 e. The summed E-state index contributed by atoms with van der Waals surface area (Å²) in [5.74, 6) is 3.58. The van der Waals surface area contributed by atoms with Gasteiger partial charge in [-0.2, -0.15) is 11.8 Å². The Morgan fingerprint density at radius 1 is 1.06 bits per heavy atom. The van der Waals surface area contributed by atoms with Crippen molar-refractivity contribution in [3.63, 3.8) is 0 Å². The zero-order valence-electron chi connectivity index (χ0n) is 11.3. The van der Waals surface area contributed by atoms with Crippen LogP contribution in [0, 0.1) is 11.8 Å². The van der Waals surface area contributed by atoms with E-state index in [4.69, 9.17) is 4.74 Å². The fourth-order valence-electron chi connectivity index (χ4n) is 4.13. The van der Waals surface area contributed by atoms with Crippen molar-refractivity contribution in [1.29, 1.82) is 0 Å². The minimum Gasteiger partial charge on any atom is -0.393 e. The molecule has 0 bridgehead atoms. The maximum absolute atomic E-state index is 10.6. The number of ether oxygens (including phenoxy) is 1. The molecule has 2 saturated heterocycles. The van der Waals surface area contributed by atoms with Gasteiger partial charge in [0.1, 0.15) is 0 Å². The molecule has 104 valence electrons. The molecule has 2 heterocycles. The first-order chi connectivity index (χ1) is 8.79. The number of aliphatic hydroxyl groups excluding tert-OH is 1. The smallest absolute Gasteiger partial charge is 0.0701 e. The lowest BCUT2D eigenvalue weighted by Gasteiger charge is -2.45. The summed E-state index contributed by atoms with van der Waals surface area (Å²) in [4.78, 5) is 0. The maximum atomic E-state index is 10.6. The van der Waals surface area contributed by atoms with E-state index in [-0.39, 0.29) is 11.7 Å². The summed E-state index contributed by atoms with van der Waals surface area (Å²) >= 11 is 2.05. The van der Waals surface area contributed by atoms with E-state index < -0.39 is 0 Å². The molecule has 18 heavy (non-hydrogen) atoms. The third kappa shape index (κ3) is 2.73. The molecule has 0 aromatic heterocycles. The van der Waals surface area contributed by atoms with Gasteiger partial charge in [0, 0.05) is 6.61 Å². The van der Waals surface area contributed by atoms with Gasteiger partial charge >= 0.3 is 0 Å². The van der Waals surface area contributed by atoms with Crippen LogP contribution in [0.25, 0.3) is 0 Å². The third-order valence-electron chi connectivity index (χ3n) is 5.30. The van der Waals surface area contributed by atoms with Crippen LogP contribution in [0.4, 0.5) is 0 Å². The summed E-state index contributed by atoms with van der Waals surface area (Å²) in [6.45, 7) is 0.874. The van der Waals surface area contributed by atoms with E-state index in [2.05, 4.69) is 11.8 Å². The number of hydrogen-bond acceptors (Lipinski definition) is 3. The van der Waals surface area contributed by atoms with Crippen LogP contribution in [0.15, 0.2) is 0 Å². The molecule has 3 rings (SSSR count). The third-order valence-corrected chi connectivity index (χ3v) is 6.29. The predicted octanol–water partition coefficient (Wildman–Crippen LogP) is 3.23. The quantitative estimate of drug-likeness (QED) is 0.835. The van der Waals surface area contributed by atoms with Gasteiger partial charge in [0.25, 0.3) is 0 Å². The van der Waals surface area contributed by atoms with Crippen molar-refractivity contribution in [2.24, 2.45) is 11.8 Å². The van der Waals surface area contributed by atoms with Crippen LogP contribution in [-0.2, 0) is 4.74 Å². The Balaban J connectivity index is 1.62. The van der Waals surface area contributed by atoms with Crippen LogP contribution in [0.1, 0.15) is 51.4 Å². The molecule has 1 N–H and O–H groups in total. The van der Waals surface area contributed by atoms with E-state index in [9.17, 15) is 5.11 Å². The topological polar surface area (TPSA) is 29.5 Å². The van der Waals surface area contributed by atoms with Gasteiger partial charge in [0.15, 0.2) is 0 Å². The lowest BCUT2D eigenvalue weighted by atomic mass is 9.76. The van der Waals surface area contributed by atoms with E-state index in [1.165, 1.54) is 50.0 Å². The lowest BCUT2D eigenvalue weighted by molar-refractivity contribution is -0.126. The average molecular weight is 270 g/mol. The molecule has 2 unspecified atom stereocenters. The first-order valence-corrected chi connectivity index (χ1v) is 8.84. The van der Waals surface area contributed by atoms with Gasteiger partial charge in [0.2, 0.25) is 0 Å². The number of aliphatic hydroxyl groups is 1. The van der Waals surface area contributed by atoms with E-state index in [0.717, 1.165) is 19.4 Å². The van der Waals surface area contributed by atoms with Crippen molar-refractivity contribution in [2.75, 3.05) is 18.1 Å². The molecule has 3 aliphatic rings. The monoisotopic (exact) mass is 270 g/mol. The minimum absolute atomic E-state index is 0.0529. The zero-order valence-corrected chi connectivity index (χ0v) is 12.1. The molecule has 0 aromatic carbocycles. The molecule has 3 fully saturated rings. The highest BCUT2D eigenvalue weighted by Gasteiger charge is 2.42. The van der Waals surface area contributed by atoms with Crippen LogP contribution >= 0.6 is 11.8 Å². The highest BCUT2D eigenvalue weighted by atomic mass is 32.2. The number of thioether (sulfide) groups is 1. The normalized spacial score (nSPS) is 34.8. The number of rotatable bonds is 2. The molecular formula is C15H26O2S. The highest BCUT2D eigenvalue weighted by Crippen LogP contribution is 2.43. The van der Waals surface area contributed by atoms with Crippen LogP contribution in [0.2, 0.25) is 0 Å². The molecular weight excluding hydrogens is 244 g/mol. The summed E-state index contributed by atoms with van der Waals surface area (Å²) in [5, 5.41) is 10.6. The summed E-state index contributed by atoms with van der Waals surface area (Å²) < 4.78 is 6.13.